The lowest BCUT2D eigenvalue weighted by molar-refractivity contribution is -0.118. The van der Waals surface area contributed by atoms with Crippen molar-refractivity contribution in [1.29, 1.82) is 0 Å². The molecule has 0 radical (unpaired) electrons. The fourth-order valence-corrected chi connectivity index (χ4v) is 1.89. The minimum absolute atomic E-state index is 0.00965. The number of nitrogens with one attached hydrogen (secondary N) is 1. The zero-order valence-corrected chi connectivity index (χ0v) is 10.1. The van der Waals surface area contributed by atoms with Crippen LogP contribution >= 0.6 is 0 Å². The molecule has 0 heterocycles. The Morgan fingerprint density at radius 1 is 1.50 bits per heavy atom. The second-order valence-electron chi connectivity index (χ2n) is 4.26. The molecule has 18 heavy (non-hydrogen) atoms. The van der Waals surface area contributed by atoms with Crippen molar-refractivity contribution in [2.75, 3.05) is 12.4 Å². The van der Waals surface area contributed by atoms with Gasteiger partial charge in [-0.25, -0.2) is 0 Å². The van der Waals surface area contributed by atoms with Crippen molar-refractivity contribution in [2.24, 2.45) is 11.7 Å². The molecule has 2 rings (SSSR count). The van der Waals surface area contributed by atoms with Crippen LogP contribution in [0.15, 0.2) is 30.4 Å². The Morgan fingerprint density at radius 3 is 2.89 bits per heavy atom. The van der Waals surface area contributed by atoms with E-state index >= 15 is 0 Å². The molecule has 5 heteroatoms. The molecule has 0 spiro atoms. The van der Waals surface area contributed by atoms with Gasteiger partial charge in [0.1, 0.15) is 11.5 Å². The van der Waals surface area contributed by atoms with E-state index in [4.69, 9.17) is 10.5 Å². The number of methoxy groups -OCH3 is 1. The Labute approximate surface area is 105 Å². The van der Waals surface area contributed by atoms with E-state index in [-0.39, 0.29) is 23.6 Å². The summed E-state index contributed by atoms with van der Waals surface area (Å²) in [5.74, 6) is 0.158. The van der Waals surface area contributed by atoms with Gasteiger partial charge in [0.05, 0.1) is 18.7 Å². The highest BCUT2D eigenvalue weighted by molar-refractivity contribution is 5.95. The second-order valence-corrected chi connectivity index (χ2v) is 4.26. The van der Waals surface area contributed by atoms with E-state index in [0.29, 0.717) is 17.9 Å². The van der Waals surface area contributed by atoms with E-state index in [1.54, 1.807) is 18.2 Å². The smallest absolute Gasteiger partial charge is 0.231 e. The molecule has 2 unspecified atom stereocenters. The Hall–Kier alpha value is -2.01. The topological polar surface area (TPSA) is 84.6 Å². The number of anilines is 1. The van der Waals surface area contributed by atoms with Crippen molar-refractivity contribution in [1.82, 2.24) is 0 Å². The molecule has 5 nitrogen and oxygen atoms in total. The van der Waals surface area contributed by atoms with E-state index in [1.165, 1.54) is 13.2 Å². The monoisotopic (exact) mass is 248 g/mol. The summed E-state index contributed by atoms with van der Waals surface area (Å²) in [6.07, 6.45) is 4.20. The van der Waals surface area contributed by atoms with Crippen LogP contribution < -0.4 is 15.8 Å². The number of carbonyl (C=O) groups excluding carboxylic acids is 1. The van der Waals surface area contributed by atoms with Crippen LogP contribution in [0.25, 0.3) is 0 Å². The van der Waals surface area contributed by atoms with Crippen molar-refractivity contribution in [3.05, 3.63) is 30.4 Å². The van der Waals surface area contributed by atoms with Gasteiger partial charge in [0, 0.05) is 12.1 Å². The summed E-state index contributed by atoms with van der Waals surface area (Å²) in [6, 6.07) is 4.60. The number of aromatic hydroxyl groups is 1. The number of ether oxygens (including phenoxy) is 1. The molecule has 1 aromatic rings. The van der Waals surface area contributed by atoms with Crippen LogP contribution in [-0.2, 0) is 4.79 Å². The molecule has 1 aromatic carbocycles. The molecule has 1 amide bonds. The molecule has 4 N–H and O–H groups in total. The van der Waals surface area contributed by atoms with Crippen LogP contribution in [-0.4, -0.2) is 24.2 Å². The van der Waals surface area contributed by atoms with Crippen molar-refractivity contribution >= 4 is 11.6 Å². The predicted octanol–water partition coefficient (Wildman–Crippen LogP) is 1.24. The first-order chi connectivity index (χ1) is 8.60. The summed E-state index contributed by atoms with van der Waals surface area (Å²) in [5, 5.41) is 12.3. The van der Waals surface area contributed by atoms with Gasteiger partial charge in [-0.2, -0.15) is 0 Å². The molecule has 0 saturated heterocycles. The van der Waals surface area contributed by atoms with Gasteiger partial charge in [-0.3, -0.25) is 4.79 Å². The largest absolute Gasteiger partial charge is 0.506 e. The maximum atomic E-state index is 11.9. The SMILES string of the molecule is COc1ccc(O)c(NC(=O)C2C=CC(N)C2)c1. The van der Waals surface area contributed by atoms with Crippen molar-refractivity contribution in [2.45, 2.75) is 12.5 Å². The molecule has 0 bridgehead atoms. The molecule has 1 aliphatic carbocycles. The first-order valence-corrected chi connectivity index (χ1v) is 5.72. The van der Waals surface area contributed by atoms with Gasteiger partial charge in [0.25, 0.3) is 0 Å². The number of phenolic OH excluding ortho intramolecular Hbond substituents is 1. The first-order valence-electron chi connectivity index (χ1n) is 5.72. The zero-order valence-electron chi connectivity index (χ0n) is 10.1. The highest BCUT2D eigenvalue weighted by Gasteiger charge is 2.23. The zero-order chi connectivity index (χ0) is 13.1. The van der Waals surface area contributed by atoms with Gasteiger partial charge >= 0.3 is 0 Å². The number of hydrogen-bond donors (Lipinski definition) is 3. The highest BCUT2D eigenvalue weighted by Crippen LogP contribution is 2.29. The van der Waals surface area contributed by atoms with Crippen LogP contribution in [0.3, 0.4) is 0 Å². The fraction of sp³-hybridized carbons (Fsp3) is 0.308. The molecule has 0 aliphatic heterocycles. The molecule has 0 aromatic heterocycles. The summed E-state index contributed by atoms with van der Waals surface area (Å²) < 4.78 is 5.04. The number of amides is 1. The molecule has 0 saturated carbocycles. The van der Waals surface area contributed by atoms with E-state index in [9.17, 15) is 9.90 Å². The summed E-state index contributed by atoms with van der Waals surface area (Å²) >= 11 is 0. The maximum Gasteiger partial charge on any atom is 0.231 e. The predicted molar refractivity (Wildman–Crippen MR) is 68.5 cm³/mol. The quantitative estimate of drug-likeness (QED) is 0.555. The lowest BCUT2D eigenvalue weighted by Crippen LogP contribution is -2.24. The van der Waals surface area contributed by atoms with E-state index in [0.717, 1.165) is 0 Å². The molecular weight excluding hydrogens is 232 g/mol. The Balaban J connectivity index is 2.09. The van der Waals surface area contributed by atoms with Gasteiger partial charge in [0.2, 0.25) is 5.91 Å². The number of phenols is 1. The molecular formula is C13H16N2O3. The summed E-state index contributed by atoms with van der Waals surface area (Å²) in [7, 11) is 1.52. The first kappa shape index (κ1) is 12.4. The van der Waals surface area contributed by atoms with Crippen LogP contribution in [0.1, 0.15) is 6.42 Å². The number of carbonyl (C=O) groups is 1. The number of benzene rings is 1. The number of nitrogens with two attached hydrogens (primary N) is 1. The van der Waals surface area contributed by atoms with Gasteiger partial charge in [-0.15, -0.1) is 0 Å². The third kappa shape index (κ3) is 2.62. The molecule has 2 atom stereocenters. The summed E-state index contributed by atoms with van der Waals surface area (Å²) in [5.41, 5.74) is 6.04. The Morgan fingerprint density at radius 2 is 2.28 bits per heavy atom. The normalized spacial score (nSPS) is 21.9. The Kier molecular flexibility index (Phi) is 3.53. The van der Waals surface area contributed by atoms with Gasteiger partial charge < -0.3 is 20.9 Å². The molecule has 0 fully saturated rings. The van der Waals surface area contributed by atoms with E-state index in [2.05, 4.69) is 5.32 Å². The molecule has 1 aliphatic rings. The van der Waals surface area contributed by atoms with Crippen molar-refractivity contribution < 1.29 is 14.6 Å². The second kappa shape index (κ2) is 5.10. The number of rotatable bonds is 3. The summed E-state index contributed by atoms with van der Waals surface area (Å²) in [6.45, 7) is 0. The number of hydrogen-bond acceptors (Lipinski definition) is 4. The van der Waals surface area contributed by atoms with E-state index in [1.807, 2.05) is 6.08 Å². The highest BCUT2D eigenvalue weighted by atomic mass is 16.5. The van der Waals surface area contributed by atoms with Gasteiger partial charge in [0.15, 0.2) is 0 Å². The maximum absolute atomic E-state index is 11.9. The van der Waals surface area contributed by atoms with Gasteiger partial charge in [-0.05, 0) is 18.6 Å². The standard InChI is InChI=1S/C13H16N2O3/c1-18-10-4-5-12(16)11(7-10)15-13(17)8-2-3-9(14)6-8/h2-5,7-9,16H,6,14H2,1H3,(H,15,17). The average molecular weight is 248 g/mol. The van der Waals surface area contributed by atoms with E-state index < -0.39 is 0 Å². The van der Waals surface area contributed by atoms with Crippen LogP contribution in [0.5, 0.6) is 11.5 Å². The fourth-order valence-electron chi connectivity index (χ4n) is 1.89. The molecule has 96 valence electrons. The Bertz CT molecular complexity index is 485. The summed E-state index contributed by atoms with van der Waals surface area (Å²) in [4.78, 5) is 11.9. The van der Waals surface area contributed by atoms with Crippen LogP contribution in [0.2, 0.25) is 0 Å². The minimum atomic E-state index is -0.245. The third-order valence-electron chi connectivity index (χ3n) is 2.92. The van der Waals surface area contributed by atoms with Crippen LogP contribution in [0.4, 0.5) is 5.69 Å². The van der Waals surface area contributed by atoms with Gasteiger partial charge in [-0.1, -0.05) is 12.2 Å². The van der Waals surface area contributed by atoms with Crippen molar-refractivity contribution in [3.8, 4) is 11.5 Å². The lowest BCUT2D eigenvalue weighted by Gasteiger charge is -2.12. The average Bonchev–Trinajstić information content (AvgIpc) is 2.79. The minimum Gasteiger partial charge on any atom is -0.506 e. The third-order valence-corrected chi connectivity index (χ3v) is 2.92. The van der Waals surface area contributed by atoms with Crippen LogP contribution in [0, 0.1) is 5.92 Å². The lowest BCUT2D eigenvalue weighted by atomic mass is 10.1. The van der Waals surface area contributed by atoms with Crippen molar-refractivity contribution in [3.63, 3.8) is 0 Å².